The van der Waals surface area contributed by atoms with E-state index in [0.29, 0.717) is 13.1 Å². The van der Waals surface area contributed by atoms with Gasteiger partial charge in [-0.1, -0.05) is 29.8 Å². The molecule has 3 nitrogen and oxygen atoms in total. The maximum absolute atomic E-state index is 11.8. The standard InChI is InChI=1S/C14H20N2O/c1-11-4-6-12(7-5-11)9-16-10-14(2,3)15-8-13(16)17/h4-7,15H,8-10H2,1-3H3. The number of piperazine rings is 1. The smallest absolute Gasteiger partial charge is 0.236 e. The molecule has 1 aromatic carbocycles. The minimum absolute atomic E-state index is 0.0125. The van der Waals surface area contributed by atoms with Gasteiger partial charge in [0.2, 0.25) is 5.91 Å². The van der Waals surface area contributed by atoms with Crippen molar-refractivity contribution in [1.29, 1.82) is 0 Å². The van der Waals surface area contributed by atoms with E-state index in [4.69, 9.17) is 0 Å². The fourth-order valence-corrected chi connectivity index (χ4v) is 2.11. The molecular weight excluding hydrogens is 212 g/mol. The Balaban J connectivity index is 2.06. The van der Waals surface area contributed by atoms with Gasteiger partial charge in [-0.3, -0.25) is 4.79 Å². The van der Waals surface area contributed by atoms with Crippen molar-refractivity contribution >= 4 is 5.91 Å². The number of hydrogen-bond acceptors (Lipinski definition) is 2. The van der Waals surface area contributed by atoms with Gasteiger partial charge < -0.3 is 10.2 Å². The molecule has 17 heavy (non-hydrogen) atoms. The van der Waals surface area contributed by atoms with Crippen LogP contribution < -0.4 is 5.32 Å². The molecule has 0 atom stereocenters. The van der Waals surface area contributed by atoms with E-state index in [-0.39, 0.29) is 11.4 Å². The Kier molecular flexibility index (Phi) is 3.20. The molecule has 1 aromatic rings. The Morgan fingerprint density at radius 2 is 1.94 bits per heavy atom. The summed E-state index contributed by atoms with van der Waals surface area (Å²) >= 11 is 0. The molecule has 92 valence electrons. The molecule has 1 aliphatic rings. The fourth-order valence-electron chi connectivity index (χ4n) is 2.11. The molecular formula is C14H20N2O. The first-order chi connectivity index (χ1) is 7.96. The highest BCUT2D eigenvalue weighted by atomic mass is 16.2. The van der Waals surface area contributed by atoms with E-state index < -0.39 is 0 Å². The lowest BCUT2D eigenvalue weighted by Crippen LogP contribution is -2.59. The summed E-state index contributed by atoms with van der Waals surface area (Å²) in [5.74, 6) is 0.185. The minimum Gasteiger partial charge on any atom is -0.335 e. The first-order valence-electron chi connectivity index (χ1n) is 6.05. The van der Waals surface area contributed by atoms with Crippen LogP contribution in [-0.4, -0.2) is 29.4 Å². The fraction of sp³-hybridized carbons (Fsp3) is 0.500. The van der Waals surface area contributed by atoms with Crippen molar-refractivity contribution in [1.82, 2.24) is 10.2 Å². The van der Waals surface area contributed by atoms with Crippen LogP contribution in [0.5, 0.6) is 0 Å². The molecule has 1 saturated heterocycles. The van der Waals surface area contributed by atoms with Gasteiger partial charge in [-0.2, -0.15) is 0 Å². The third-order valence-electron chi connectivity index (χ3n) is 3.15. The number of amides is 1. The van der Waals surface area contributed by atoms with Crippen molar-refractivity contribution in [2.24, 2.45) is 0 Å². The van der Waals surface area contributed by atoms with Crippen molar-refractivity contribution in [3.63, 3.8) is 0 Å². The molecule has 3 heteroatoms. The number of aryl methyl sites for hydroxylation is 1. The van der Waals surface area contributed by atoms with Gasteiger partial charge in [-0.15, -0.1) is 0 Å². The summed E-state index contributed by atoms with van der Waals surface area (Å²) in [7, 11) is 0. The molecule has 1 heterocycles. The van der Waals surface area contributed by atoms with E-state index in [2.05, 4.69) is 50.4 Å². The van der Waals surface area contributed by atoms with E-state index in [9.17, 15) is 4.79 Å². The minimum atomic E-state index is 0.0125. The number of carbonyl (C=O) groups is 1. The maximum atomic E-state index is 11.8. The zero-order chi connectivity index (χ0) is 12.5. The van der Waals surface area contributed by atoms with Crippen LogP contribution in [0.2, 0.25) is 0 Å². The molecule has 1 amide bonds. The molecule has 0 aliphatic carbocycles. The average Bonchev–Trinajstić information content (AvgIpc) is 2.26. The summed E-state index contributed by atoms with van der Waals surface area (Å²) in [6.07, 6.45) is 0. The lowest BCUT2D eigenvalue weighted by molar-refractivity contribution is -0.135. The molecule has 1 fully saturated rings. The number of nitrogens with one attached hydrogen (secondary N) is 1. The largest absolute Gasteiger partial charge is 0.335 e. The summed E-state index contributed by atoms with van der Waals surface area (Å²) in [5.41, 5.74) is 2.46. The number of hydrogen-bond donors (Lipinski definition) is 1. The van der Waals surface area contributed by atoms with Crippen molar-refractivity contribution in [3.8, 4) is 0 Å². The third-order valence-corrected chi connectivity index (χ3v) is 3.15. The van der Waals surface area contributed by atoms with Crippen LogP contribution in [0.25, 0.3) is 0 Å². The summed E-state index contributed by atoms with van der Waals surface area (Å²) < 4.78 is 0. The Hall–Kier alpha value is -1.35. The van der Waals surface area contributed by atoms with Gasteiger partial charge in [0.05, 0.1) is 6.54 Å². The van der Waals surface area contributed by atoms with E-state index in [0.717, 1.165) is 6.54 Å². The highest BCUT2D eigenvalue weighted by molar-refractivity contribution is 5.79. The van der Waals surface area contributed by atoms with Crippen molar-refractivity contribution in [3.05, 3.63) is 35.4 Å². The first kappa shape index (κ1) is 12.1. The molecule has 0 bridgehead atoms. The summed E-state index contributed by atoms with van der Waals surface area (Å²) in [6.45, 7) is 8.24. The quantitative estimate of drug-likeness (QED) is 0.842. The van der Waals surface area contributed by atoms with Crippen LogP contribution >= 0.6 is 0 Å². The average molecular weight is 232 g/mol. The second-order valence-electron chi connectivity index (χ2n) is 5.47. The van der Waals surface area contributed by atoms with Crippen LogP contribution in [0.15, 0.2) is 24.3 Å². The topological polar surface area (TPSA) is 32.3 Å². The van der Waals surface area contributed by atoms with Crippen molar-refractivity contribution in [2.45, 2.75) is 32.9 Å². The van der Waals surface area contributed by atoms with Crippen LogP contribution in [-0.2, 0) is 11.3 Å². The van der Waals surface area contributed by atoms with Crippen molar-refractivity contribution < 1.29 is 4.79 Å². The van der Waals surface area contributed by atoms with E-state index in [1.54, 1.807) is 0 Å². The molecule has 1 N–H and O–H groups in total. The van der Waals surface area contributed by atoms with Gasteiger partial charge in [-0.05, 0) is 26.3 Å². The van der Waals surface area contributed by atoms with Gasteiger partial charge in [0, 0.05) is 18.6 Å². The summed E-state index contributed by atoms with van der Waals surface area (Å²) in [4.78, 5) is 13.7. The highest BCUT2D eigenvalue weighted by Crippen LogP contribution is 2.14. The van der Waals surface area contributed by atoms with Crippen LogP contribution in [0, 0.1) is 6.92 Å². The molecule has 2 rings (SSSR count). The van der Waals surface area contributed by atoms with Crippen LogP contribution in [0.3, 0.4) is 0 Å². The van der Waals surface area contributed by atoms with Gasteiger partial charge in [0.1, 0.15) is 0 Å². The maximum Gasteiger partial charge on any atom is 0.236 e. The molecule has 0 radical (unpaired) electrons. The normalized spacial score (nSPS) is 19.5. The molecule has 0 saturated carbocycles. The highest BCUT2D eigenvalue weighted by Gasteiger charge is 2.30. The zero-order valence-corrected chi connectivity index (χ0v) is 10.8. The third kappa shape index (κ3) is 3.07. The number of benzene rings is 1. The summed E-state index contributed by atoms with van der Waals surface area (Å²) in [6, 6.07) is 8.37. The van der Waals surface area contributed by atoms with Crippen molar-refractivity contribution in [2.75, 3.05) is 13.1 Å². The number of carbonyl (C=O) groups excluding carboxylic acids is 1. The SMILES string of the molecule is Cc1ccc(CN2CC(C)(C)NCC2=O)cc1. The number of rotatable bonds is 2. The molecule has 0 unspecified atom stereocenters. The Morgan fingerprint density at radius 3 is 2.59 bits per heavy atom. The molecule has 0 spiro atoms. The first-order valence-corrected chi connectivity index (χ1v) is 6.05. The van der Waals surface area contributed by atoms with Gasteiger partial charge in [0.15, 0.2) is 0 Å². The van der Waals surface area contributed by atoms with E-state index >= 15 is 0 Å². The predicted molar refractivity (Wildman–Crippen MR) is 68.7 cm³/mol. The Bertz CT molecular complexity index is 409. The lowest BCUT2D eigenvalue weighted by atomic mass is 10.0. The lowest BCUT2D eigenvalue weighted by Gasteiger charge is -2.38. The predicted octanol–water partition coefficient (Wildman–Crippen LogP) is 1.71. The van der Waals surface area contributed by atoms with Gasteiger partial charge in [0.25, 0.3) is 0 Å². The number of nitrogens with zero attached hydrogens (tertiary/aromatic N) is 1. The monoisotopic (exact) mass is 232 g/mol. The molecule has 0 aromatic heterocycles. The molecule has 1 aliphatic heterocycles. The van der Waals surface area contributed by atoms with Crippen LogP contribution in [0.1, 0.15) is 25.0 Å². The van der Waals surface area contributed by atoms with Crippen LogP contribution in [0.4, 0.5) is 0 Å². The zero-order valence-electron chi connectivity index (χ0n) is 10.8. The summed E-state index contributed by atoms with van der Waals surface area (Å²) in [5, 5.41) is 3.24. The van der Waals surface area contributed by atoms with E-state index in [1.807, 2.05) is 4.90 Å². The Labute approximate surface area is 103 Å². The second-order valence-corrected chi connectivity index (χ2v) is 5.47. The second kappa shape index (κ2) is 4.49. The van der Waals surface area contributed by atoms with Gasteiger partial charge in [-0.25, -0.2) is 0 Å². The Morgan fingerprint density at radius 1 is 1.29 bits per heavy atom. The van der Waals surface area contributed by atoms with Gasteiger partial charge >= 0.3 is 0 Å². The van der Waals surface area contributed by atoms with E-state index in [1.165, 1.54) is 11.1 Å².